The van der Waals surface area contributed by atoms with Crippen LogP contribution in [0.2, 0.25) is 0 Å². The maximum atomic E-state index is 12.7. The average Bonchev–Trinajstić information content (AvgIpc) is 3.16. The largest absolute Gasteiger partial charge is 0.394 e. The molecular weight excluding hydrogens is 326 g/mol. The number of amides is 1. The van der Waals surface area contributed by atoms with Gasteiger partial charge in [0.1, 0.15) is 0 Å². The van der Waals surface area contributed by atoms with Crippen molar-refractivity contribution in [3.05, 3.63) is 90.0 Å². The summed E-state index contributed by atoms with van der Waals surface area (Å²) in [5.74, 6) is -0.110. The Balaban J connectivity index is 1.80. The quantitative estimate of drug-likeness (QED) is 0.584. The topological polar surface area (TPSA) is 78.0 Å². The van der Waals surface area contributed by atoms with Crippen LogP contribution in [0.5, 0.6) is 0 Å². The van der Waals surface area contributed by atoms with Crippen molar-refractivity contribution in [1.29, 1.82) is 0 Å². The van der Waals surface area contributed by atoms with Crippen LogP contribution in [0.3, 0.4) is 0 Å². The lowest BCUT2D eigenvalue weighted by atomic mass is 9.86. The summed E-state index contributed by atoms with van der Waals surface area (Å²) in [7, 11) is 0. The van der Waals surface area contributed by atoms with Crippen LogP contribution in [-0.4, -0.2) is 33.1 Å². The smallest absolute Gasteiger partial charge is 0.224 e. The molecule has 3 rings (SSSR count). The van der Waals surface area contributed by atoms with Crippen LogP contribution in [0.4, 0.5) is 0 Å². The van der Waals surface area contributed by atoms with Gasteiger partial charge in [0.2, 0.25) is 5.91 Å². The van der Waals surface area contributed by atoms with E-state index in [-0.39, 0.29) is 18.9 Å². The molecule has 0 radical (unpaired) electrons. The van der Waals surface area contributed by atoms with Gasteiger partial charge in [-0.15, -0.1) is 0 Å². The number of hydrogen-bond acceptors (Lipinski definition) is 3. The number of aromatic amines is 1. The van der Waals surface area contributed by atoms with E-state index in [9.17, 15) is 9.90 Å². The van der Waals surface area contributed by atoms with Gasteiger partial charge in [-0.25, -0.2) is 4.98 Å². The first-order chi connectivity index (χ1) is 12.7. The molecule has 0 fully saturated rings. The van der Waals surface area contributed by atoms with Crippen molar-refractivity contribution >= 4 is 5.91 Å². The first kappa shape index (κ1) is 17.9. The average molecular weight is 349 g/mol. The molecule has 1 amide bonds. The van der Waals surface area contributed by atoms with Crippen LogP contribution in [-0.2, 0) is 24.1 Å². The summed E-state index contributed by atoms with van der Waals surface area (Å²) in [4.78, 5) is 19.8. The normalized spacial score (nSPS) is 13.1. The van der Waals surface area contributed by atoms with Gasteiger partial charge < -0.3 is 15.4 Å². The van der Waals surface area contributed by atoms with Crippen molar-refractivity contribution in [3.8, 4) is 0 Å². The Morgan fingerprint density at radius 2 is 1.65 bits per heavy atom. The number of carbonyl (C=O) groups is 1. The highest BCUT2D eigenvalue weighted by molar-refractivity contribution is 5.79. The molecule has 1 atom stereocenters. The minimum atomic E-state index is -0.792. The van der Waals surface area contributed by atoms with Gasteiger partial charge in [-0.05, 0) is 17.5 Å². The lowest BCUT2D eigenvalue weighted by molar-refractivity contribution is -0.123. The van der Waals surface area contributed by atoms with Crippen LogP contribution in [0.25, 0.3) is 0 Å². The van der Waals surface area contributed by atoms with Gasteiger partial charge in [0.15, 0.2) is 0 Å². The number of H-pyrrole nitrogens is 1. The second kappa shape index (κ2) is 8.45. The van der Waals surface area contributed by atoms with Crippen molar-refractivity contribution in [3.63, 3.8) is 0 Å². The van der Waals surface area contributed by atoms with Crippen molar-refractivity contribution in [2.45, 2.75) is 24.8 Å². The molecule has 26 heavy (non-hydrogen) atoms. The SMILES string of the molecule is O=C(Cc1ccccc1)N[C@](CO)(Cc1ccccc1)Cc1cnc[nH]1. The number of aliphatic hydroxyl groups is 1. The monoisotopic (exact) mass is 349 g/mol. The Morgan fingerprint density at radius 3 is 2.23 bits per heavy atom. The fraction of sp³-hybridized carbons (Fsp3) is 0.238. The van der Waals surface area contributed by atoms with E-state index in [0.29, 0.717) is 12.8 Å². The molecular formula is C21H23N3O2. The molecule has 0 aliphatic heterocycles. The lowest BCUT2D eigenvalue weighted by Gasteiger charge is -2.33. The molecule has 3 aromatic rings. The number of aliphatic hydroxyl groups excluding tert-OH is 1. The zero-order chi connectivity index (χ0) is 18.2. The third-order valence-corrected chi connectivity index (χ3v) is 4.38. The van der Waals surface area contributed by atoms with Crippen molar-refractivity contribution in [1.82, 2.24) is 15.3 Å². The molecule has 0 saturated carbocycles. The predicted octanol–water partition coefficient (Wildman–Crippen LogP) is 2.28. The van der Waals surface area contributed by atoms with Crippen LogP contribution < -0.4 is 5.32 Å². The Bertz CT molecular complexity index is 804. The van der Waals surface area contributed by atoms with E-state index in [0.717, 1.165) is 16.8 Å². The zero-order valence-corrected chi connectivity index (χ0v) is 14.6. The summed E-state index contributed by atoms with van der Waals surface area (Å²) in [6, 6.07) is 19.5. The molecule has 134 valence electrons. The molecule has 2 aromatic carbocycles. The van der Waals surface area contributed by atoms with Gasteiger partial charge in [-0.1, -0.05) is 60.7 Å². The molecule has 1 heterocycles. The summed E-state index contributed by atoms with van der Waals surface area (Å²) >= 11 is 0. The molecule has 0 aliphatic rings. The minimum Gasteiger partial charge on any atom is -0.394 e. The standard InChI is InChI=1S/C21H23N3O2/c25-15-21(13-19-14-22-16-23-19,12-18-9-5-2-6-10-18)24-20(26)11-17-7-3-1-4-8-17/h1-10,14,16,25H,11-13,15H2,(H,22,23)(H,24,26)/t21-/m1/s1. The summed E-state index contributed by atoms with van der Waals surface area (Å²) in [6.07, 6.45) is 4.60. The Hall–Kier alpha value is -2.92. The molecule has 5 heteroatoms. The predicted molar refractivity (Wildman–Crippen MR) is 101 cm³/mol. The maximum absolute atomic E-state index is 12.7. The number of nitrogens with one attached hydrogen (secondary N) is 2. The van der Waals surface area contributed by atoms with Gasteiger partial charge in [-0.3, -0.25) is 4.79 Å². The van der Waals surface area contributed by atoms with Gasteiger partial charge in [-0.2, -0.15) is 0 Å². The van der Waals surface area contributed by atoms with Crippen molar-refractivity contribution in [2.24, 2.45) is 0 Å². The number of benzene rings is 2. The molecule has 0 bridgehead atoms. The van der Waals surface area contributed by atoms with E-state index in [1.165, 1.54) is 0 Å². The van der Waals surface area contributed by atoms with E-state index >= 15 is 0 Å². The van der Waals surface area contributed by atoms with E-state index < -0.39 is 5.54 Å². The highest BCUT2D eigenvalue weighted by atomic mass is 16.3. The van der Waals surface area contributed by atoms with Gasteiger partial charge in [0.25, 0.3) is 0 Å². The number of rotatable bonds is 8. The minimum absolute atomic E-state index is 0.110. The van der Waals surface area contributed by atoms with Gasteiger partial charge in [0, 0.05) is 18.3 Å². The highest BCUT2D eigenvalue weighted by Crippen LogP contribution is 2.19. The highest BCUT2D eigenvalue weighted by Gasteiger charge is 2.32. The fourth-order valence-electron chi connectivity index (χ4n) is 3.16. The first-order valence-electron chi connectivity index (χ1n) is 8.66. The number of nitrogens with zero attached hydrogens (tertiary/aromatic N) is 1. The summed E-state index contributed by atoms with van der Waals surface area (Å²) in [5.41, 5.74) is 2.08. The van der Waals surface area contributed by atoms with Crippen LogP contribution in [0, 0.1) is 0 Å². The molecule has 1 aromatic heterocycles. The maximum Gasteiger partial charge on any atom is 0.224 e. The van der Waals surface area contributed by atoms with E-state index in [1.54, 1.807) is 12.5 Å². The van der Waals surface area contributed by atoms with Crippen LogP contribution in [0.1, 0.15) is 16.8 Å². The number of aromatic nitrogens is 2. The van der Waals surface area contributed by atoms with Gasteiger partial charge >= 0.3 is 0 Å². The molecule has 0 aliphatic carbocycles. The Morgan fingerprint density at radius 1 is 1.00 bits per heavy atom. The van der Waals surface area contributed by atoms with E-state index in [4.69, 9.17) is 0 Å². The molecule has 5 nitrogen and oxygen atoms in total. The van der Waals surface area contributed by atoms with Crippen LogP contribution in [0.15, 0.2) is 73.2 Å². The molecule has 0 saturated heterocycles. The summed E-state index contributed by atoms with van der Waals surface area (Å²) in [6.45, 7) is -0.165. The number of hydrogen-bond donors (Lipinski definition) is 3. The third-order valence-electron chi connectivity index (χ3n) is 4.38. The molecule has 0 unspecified atom stereocenters. The zero-order valence-electron chi connectivity index (χ0n) is 14.6. The van der Waals surface area contributed by atoms with E-state index in [2.05, 4.69) is 15.3 Å². The Kier molecular flexibility index (Phi) is 5.81. The van der Waals surface area contributed by atoms with Gasteiger partial charge in [0.05, 0.1) is 24.9 Å². The van der Waals surface area contributed by atoms with Crippen molar-refractivity contribution < 1.29 is 9.90 Å². The lowest BCUT2D eigenvalue weighted by Crippen LogP contribution is -2.55. The number of imidazole rings is 1. The number of carbonyl (C=O) groups excluding carboxylic acids is 1. The van der Waals surface area contributed by atoms with E-state index in [1.807, 2.05) is 60.7 Å². The molecule has 3 N–H and O–H groups in total. The second-order valence-electron chi connectivity index (χ2n) is 6.56. The Labute approximate surface area is 153 Å². The van der Waals surface area contributed by atoms with Crippen molar-refractivity contribution in [2.75, 3.05) is 6.61 Å². The summed E-state index contributed by atoms with van der Waals surface area (Å²) < 4.78 is 0. The first-order valence-corrected chi connectivity index (χ1v) is 8.66. The molecule has 0 spiro atoms. The second-order valence-corrected chi connectivity index (χ2v) is 6.56. The fourth-order valence-corrected chi connectivity index (χ4v) is 3.16. The van der Waals surface area contributed by atoms with Crippen LogP contribution >= 0.6 is 0 Å². The summed E-state index contributed by atoms with van der Waals surface area (Å²) in [5, 5.41) is 13.3. The third kappa shape index (κ3) is 4.80.